The fraction of sp³-hybridized carbons (Fsp3) is 0.750. The van der Waals surface area contributed by atoms with Crippen molar-refractivity contribution in [3.8, 4) is 0 Å². The molecule has 4 unspecified atom stereocenters. The van der Waals surface area contributed by atoms with Gasteiger partial charge in [-0.15, -0.1) is 0 Å². The molecule has 9 nitrogen and oxygen atoms in total. The quantitative estimate of drug-likeness (QED) is 0.266. The normalized spacial score (nSPS) is 27.7. The number of carbonyl (C=O) groups is 1. The summed E-state index contributed by atoms with van der Waals surface area (Å²) in [5, 5.41) is 25.4. The van der Waals surface area contributed by atoms with E-state index in [1.54, 1.807) is 14.0 Å². The van der Waals surface area contributed by atoms with Crippen LogP contribution in [-0.2, 0) is 14.3 Å². The highest BCUT2D eigenvalue weighted by atomic mass is 16.6. The van der Waals surface area contributed by atoms with Gasteiger partial charge in [-0.25, -0.2) is 4.79 Å². The minimum atomic E-state index is -1.03. The summed E-state index contributed by atoms with van der Waals surface area (Å²) in [4.78, 5) is 14.4. The van der Waals surface area contributed by atoms with Crippen LogP contribution in [0.4, 0.5) is 0 Å². The van der Waals surface area contributed by atoms with Crippen LogP contribution in [0.15, 0.2) is 16.9 Å². The Morgan fingerprint density at radius 2 is 2.38 bits per heavy atom. The fourth-order valence-electron chi connectivity index (χ4n) is 2.25. The first-order valence-electron chi connectivity index (χ1n) is 6.47. The van der Waals surface area contributed by atoms with Crippen molar-refractivity contribution >= 4 is 5.97 Å². The molecule has 1 aliphatic rings. The first-order valence-corrected chi connectivity index (χ1v) is 6.47. The number of hydrogen-bond acceptors (Lipinski definition) is 7. The highest BCUT2D eigenvalue weighted by molar-refractivity contribution is 5.86. The minimum Gasteiger partial charge on any atom is -0.481 e. The van der Waals surface area contributed by atoms with Gasteiger partial charge in [-0.3, -0.25) is 0 Å². The second kappa shape index (κ2) is 7.84. The number of methoxy groups -OCH3 is 1. The Labute approximate surface area is 122 Å². The van der Waals surface area contributed by atoms with Gasteiger partial charge in [0.25, 0.3) is 0 Å². The largest absolute Gasteiger partial charge is 0.481 e. The van der Waals surface area contributed by atoms with E-state index in [1.165, 1.54) is 13.2 Å². The first kappa shape index (κ1) is 17.3. The Bertz CT molecular complexity index is 449. The van der Waals surface area contributed by atoms with Crippen molar-refractivity contribution in [2.24, 2.45) is 11.0 Å². The fourth-order valence-corrected chi connectivity index (χ4v) is 2.25. The molecule has 0 bridgehead atoms. The van der Waals surface area contributed by atoms with Crippen molar-refractivity contribution in [3.63, 3.8) is 0 Å². The van der Waals surface area contributed by atoms with E-state index < -0.39 is 42.8 Å². The van der Waals surface area contributed by atoms with Gasteiger partial charge in [-0.2, -0.15) is 0 Å². The number of aliphatic hydroxyl groups excluding tert-OH is 2. The summed E-state index contributed by atoms with van der Waals surface area (Å²) in [6.07, 6.45) is -0.331. The molecular formula is C12H20N4O5. The van der Waals surface area contributed by atoms with Gasteiger partial charge in [0.05, 0.1) is 31.9 Å². The standard InChI is InChI=1S/C12H20N4O5/c1-6(8(18)5-17)11-10(14-2)7(15-16-13)4-9(21-11)12(19)20-3/h4,6-8,10-11,14,17-18H,5H2,1-3H3/t6?,7?,8?,10?,11-/m0/s1. The predicted octanol–water partition coefficient (Wildman–Crippen LogP) is -0.302. The van der Waals surface area contributed by atoms with Crippen molar-refractivity contribution in [2.75, 3.05) is 20.8 Å². The summed E-state index contributed by atoms with van der Waals surface area (Å²) in [5.41, 5.74) is 8.65. The molecule has 0 radical (unpaired) electrons. The molecule has 1 heterocycles. The van der Waals surface area contributed by atoms with Crippen LogP contribution in [0, 0.1) is 5.92 Å². The van der Waals surface area contributed by atoms with Crippen LogP contribution < -0.4 is 5.32 Å². The predicted molar refractivity (Wildman–Crippen MR) is 73.0 cm³/mol. The molecule has 0 aromatic rings. The molecule has 9 heteroatoms. The molecule has 3 N–H and O–H groups in total. The van der Waals surface area contributed by atoms with Crippen molar-refractivity contribution < 1.29 is 24.5 Å². The lowest BCUT2D eigenvalue weighted by atomic mass is 9.87. The van der Waals surface area contributed by atoms with Gasteiger partial charge in [0.2, 0.25) is 5.76 Å². The van der Waals surface area contributed by atoms with Gasteiger partial charge in [-0.05, 0) is 18.7 Å². The Balaban J connectivity index is 3.15. The lowest BCUT2D eigenvalue weighted by molar-refractivity contribution is -0.144. The monoisotopic (exact) mass is 300 g/mol. The lowest BCUT2D eigenvalue weighted by Crippen LogP contribution is -2.54. The molecule has 0 aromatic heterocycles. The minimum absolute atomic E-state index is 0.0802. The SMILES string of the molecule is CNC1C(N=[N+]=[N-])C=C(C(=O)OC)O[C@H]1C(C)C(O)CO. The Kier molecular flexibility index (Phi) is 6.44. The lowest BCUT2D eigenvalue weighted by Gasteiger charge is -2.39. The Morgan fingerprint density at radius 1 is 1.71 bits per heavy atom. The number of azide groups is 1. The summed E-state index contributed by atoms with van der Waals surface area (Å²) in [5.74, 6) is -1.28. The van der Waals surface area contributed by atoms with E-state index in [1.807, 2.05) is 0 Å². The first-order chi connectivity index (χ1) is 9.99. The number of hydrogen-bond donors (Lipinski definition) is 3. The highest BCUT2D eigenvalue weighted by Crippen LogP contribution is 2.28. The summed E-state index contributed by atoms with van der Waals surface area (Å²) < 4.78 is 10.2. The van der Waals surface area contributed by atoms with Gasteiger partial charge < -0.3 is 25.0 Å². The third-order valence-electron chi connectivity index (χ3n) is 3.52. The molecule has 1 rings (SSSR count). The number of nitrogens with one attached hydrogen (secondary N) is 1. The van der Waals surface area contributed by atoms with Gasteiger partial charge in [0, 0.05) is 10.8 Å². The van der Waals surface area contributed by atoms with Crippen LogP contribution in [0.2, 0.25) is 0 Å². The number of ether oxygens (including phenoxy) is 2. The maximum Gasteiger partial charge on any atom is 0.372 e. The average Bonchev–Trinajstić information content (AvgIpc) is 2.51. The molecule has 0 fully saturated rings. The van der Waals surface area contributed by atoms with Crippen molar-refractivity contribution in [1.82, 2.24) is 5.32 Å². The molecule has 0 saturated carbocycles. The van der Waals surface area contributed by atoms with Crippen LogP contribution in [0.25, 0.3) is 10.4 Å². The van der Waals surface area contributed by atoms with Gasteiger partial charge in [0.1, 0.15) is 6.10 Å². The maximum absolute atomic E-state index is 11.6. The van der Waals surface area contributed by atoms with Crippen molar-refractivity contribution in [2.45, 2.75) is 31.2 Å². The smallest absolute Gasteiger partial charge is 0.372 e. The molecule has 0 aliphatic carbocycles. The molecule has 0 amide bonds. The molecule has 0 saturated heterocycles. The topological polar surface area (TPSA) is 137 Å². The van der Waals surface area contributed by atoms with Gasteiger partial charge in [-0.1, -0.05) is 12.0 Å². The van der Waals surface area contributed by atoms with E-state index in [0.29, 0.717) is 0 Å². The molecular weight excluding hydrogens is 280 g/mol. The molecule has 5 atom stereocenters. The van der Waals surface area contributed by atoms with Crippen LogP contribution in [0.1, 0.15) is 6.92 Å². The molecule has 0 aromatic carbocycles. The Hall–Kier alpha value is -1.80. The summed E-state index contributed by atoms with van der Waals surface area (Å²) in [6.45, 7) is 1.23. The van der Waals surface area contributed by atoms with Crippen LogP contribution >= 0.6 is 0 Å². The number of aliphatic hydroxyl groups is 2. The Morgan fingerprint density at radius 3 is 2.86 bits per heavy atom. The number of carbonyl (C=O) groups excluding carboxylic acids is 1. The summed E-state index contributed by atoms with van der Waals surface area (Å²) >= 11 is 0. The third kappa shape index (κ3) is 3.85. The van der Waals surface area contributed by atoms with Crippen LogP contribution in [-0.4, -0.2) is 61.2 Å². The third-order valence-corrected chi connectivity index (χ3v) is 3.52. The van der Waals surface area contributed by atoms with Gasteiger partial charge in [0.15, 0.2) is 0 Å². The van der Waals surface area contributed by atoms with Crippen LogP contribution in [0.3, 0.4) is 0 Å². The van der Waals surface area contributed by atoms with E-state index in [0.717, 1.165) is 0 Å². The number of rotatable bonds is 6. The van der Waals surface area contributed by atoms with E-state index in [2.05, 4.69) is 20.1 Å². The zero-order valence-electron chi connectivity index (χ0n) is 12.1. The highest BCUT2D eigenvalue weighted by Gasteiger charge is 2.40. The molecule has 1 aliphatic heterocycles. The van der Waals surface area contributed by atoms with E-state index >= 15 is 0 Å². The van der Waals surface area contributed by atoms with E-state index in [4.69, 9.17) is 15.4 Å². The summed E-state index contributed by atoms with van der Waals surface area (Å²) in [6, 6.07) is -1.13. The molecule has 21 heavy (non-hydrogen) atoms. The van der Waals surface area contributed by atoms with Crippen LogP contribution in [0.5, 0.6) is 0 Å². The summed E-state index contributed by atoms with van der Waals surface area (Å²) in [7, 11) is 2.86. The zero-order valence-corrected chi connectivity index (χ0v) is 12.1. The van der Waals surface area contributed by atoms with Gasteiger partial charge >= 0.3 is 5.97 Å². The number of likely N-dealkylation sites (N-methyl/N-ethyl adjacent to an activating group) is 1. The van der Waals surface area contributed by atoms with E-state index in [-0.39, 0.29) is 5.76 Å². The second-order valence-corrected chi connectivity index (χ2v) is 4.72. The van der Waals surface area contributed by atoms with Crippen molar-refractivity contribution in [3.05, 3.63) is 22.3 Å². The second-order valence-electron chi connectivity index (χ2n) is 4.72. The van der Waals surface area contributed by atoms with Crippen molar-refractivity contribution in [1.29, 1.82) is 0 Å². The zero-order chi connectivity index (χ0) is 16.0. The molecule has 118 valence electrons. The maximum atomic E-state index is 11.6. The molecule has 0 spiro atoms. The van der Waals surface area contributed by atoms with E-state index in [9.17, 15) is 9.90 Å². The average molecular weight is 300 g/mol. The number of esters is 1. The number of nitrogens with zero attached hydrogens (tertiary/aromatic N) is 3.